The number of aliphatic hydroxyl groups excluding tert-OH is 1. The summed E-state index contributed by atoms with van der Waals surface area (Å²) in [6.45, 7) is 3.46. The van der Waals surface area contributed by atoms with Gasteiger partial charge in [0.1, 0.15) is 7.11 Å². The summed E-state index contributed by atoms with van der Waals surface area (Å²) in [7, 11) is 1.56. The fourth-order valence-electron chi connectivity index (χ4n) is 3.60. The highest BCUT2D eigenvalue weighted by Gasteiger charge is 2.58. The lowest BCUT2D eigenvalue weighted by molar-refractivity contribution is -0.885. The van der Waals surface area contributed by atoms with E-state index in [1.54, 1.807) is 31.2 Å². The molecule has 25 heavy (non-hydrogen) atoms. The van der Waals surface area contributed by atoms with Crippen LogP contribution in [0.25, 0.3) is 0 Å². The normalized spacial score (nSPS) is 26.3. The number of amides is 1. The Morgan fingerprint density at radius 2 is 2.12 bits per heavy atom. The zero-order valence-electron chi connectivity index (χ0n) is 14.2. The summed E-state index contributed by atoms with van der Waals surface area (Å²) in [4.78, 5) is 31.1. The van der Waals surface area contributed by atoms with Gasteiger partial charge in [-0.05, 0) is 12.5 Å². The summed E-state index contributed by atoms with van der Waals surface area (Å²) in [5.74, 6) is -1.93. The number of aliphatic hydroxyl groups is 1. The Labute approximate surface area is 149 Å². The Balaban J connectivity index is 1.81. The summed E-state index contributed by atoms with van der Waals surface area (Å²) in [5, 5.41) is 21.4. The third-order valence-electron chi connectivity index (χ3n) is 4.89. The Hall–Kier alpha value is -2.06. The number of aliphatic carboxylic acids is 1. The summed E-state index contributed by atoms with van der Waals surface area (Å²) in [5.41, 5.74) is 0.643. The highest BCUT2D eigenvalue weighted by atomic mass is 32.2. The van der Waals surface area contributed by atoms with Gasteiger partial charge in [0, 0.05) is 33.4 Å². The average Bonchev–Trinajstić information content (AvgIpc) is 2.82. The van der Waals surface area contributed by atoms with Crippen molar-refractivity contribution in [2.75, 3.05) is 12.9 Å². The molecule has 1 aromatic heterocycles. The van der Waals surface area contributed by atoms with Crippen LogP contribution < -0.4 is 14.7 Å². The fraction of sp³-hybridized carbons (Fsp3) is 0.471. The van der Waals surface area contributed by atoms with E-state index in [1.165, 1.54) is 16.7 Å². The summed E-state index contributed by atoms with van der Waals surface area (Å²) in [6.07, 6.45) is 2.72. The SMILES string of the molecule is CO[n+]1ccc(SCC2=C(C(=O)[O-])N3C(=O)[C@H]([C@@H](C)O)[C@H]3[C@H]2C)cc1. The molecule has 3 heterocycles. The minimum absolute atomic E-state index is 0.0326. The Morgan fingerprint density at radius 3 is 2.64 bits per heavy atom. The maximum atomic E-state index is 12.3. The molecule has 134 valence electrons. The van der Waals surface area contributed by atoms with Gasteiger partial charge in [0.25, 0.3) is 0 Å². The summed E-state index contributed by atoms with van der Waals surface area (Å²) < 4.78 is 1.55. The van der Waals surface area contributed by atoms with Crippen LogP contribution in [-0.2, 0) is 9.59 Å². The summed E-state index contributed by atoms with van der Waals surface area (Å²) in [6, 6.07) is 3.43. The first-order valence-corrected chi connectivity index (χ1v) is 8.99. The van der Waals surface area contributed by atoms with Gasteiger partial charge in [0.15, 0.2) is 0 Å². The van der Waals surface area contributed by atoms with Crippen LogP contribution in [0.5, 0.6) is 0 Å². The molecule has 0 spiro atoms. The van der Waals surface area contributed by atoms with E-state index in [9.17, 15) is 19.8 Å². The number of carboxylic acids is 1. The Morgan fingerprint density at radius 1 is 1.48 bits per heavy atom. The van der Waals surface area contributed by atoms with E-state index in [2.05, 4.69) is 0 Å². The van der Waals surface area contributed by atoms with Crippen molar-refractivity contribution < 1.29 is 29.4 Å². The van der Waals surface area contributed by atoms with Crippen LogP contribution in [0, 0.1) is 11.8 Å². The molecule has 0 radical (unpaired) electrons. The van der Waals surface area contributed by atoms with Crippen LogP contribution in [0.1, 0.15) is 13.8 Å². The number of rotatable bonds is 6. The second-order valence-corrected chi connectivity index (χ2v) is 7.33. The molecule has 7 nitrogen and oxygen atoms in total. The molecule has 0 bridgehead atoms. The first-order chi connectivity index (χ1) is 11.9. The van der Waals surface area contributed by atoms with Crippen LogP contribution in [0.15, 0.2) is 40.7 Å². The molecule has 4 atom stereocenters. The van der Waals surface area contributed by atoms with Crippen LogP contribution in [0.3, 0.4) is 0 Å². The van der Waals surface area contributed by atoms with Crippen molar-refractivity contribution in [2.24, 2.45) is 11.8 Å². The van der Waals surface area contributed by atoms with Crippen molar-refractivity contribution in [1.29, 1.82) is 0 Å². The highest BCUT2D eigenvalue weighted by Crippen LogP contribution is 2.47. The van der Waals surface area contributed by atoms with Gasteiger partial charge in [0.05, 0.1) is 29.7 Å². The first-order valence-electron chi connectivity index (χ1n) is 8.01. The van der Waals surface area contributed by atoms with Crippen molar-refractivity contribution in [2.45, 2.75) is 30.9 Å². The van der Waals surface area contributed by atoms with Gasteiger partial charge < -0.3 is 19.9 Å². The predicted octanol–water partition coefficient (Wildman–Crippen LogP) is -1.01. The number of β-lactam (4-membered cyclic amide) rings is 1. The Bertz CT molecular complexity index is 731. The number of fused-ring (bicyclic) bond motifs is 1. The van der Waals surface area contributed by atoms with Crippen molar-refractivity contribution >= 4 is 23.6 Å². The van der Waals surface area contributed by atoms with Gasteiger partial charge in [-0.25, -0.2) is 0 Å². The fourth-order valence-corrected chi connectivity index (χ4v) is 4.64. The van der Waals surface area contributed by atoms with Gasteiger partial charge in [0.2, 0.25) is 18.3 Å². The second kappa shape index (κ2) is 6.68. The first kappa shape index (κ1) is 17.8. The molecule has 0 saturated carbocycles. The molecule has 1 amide bonds. The highest BCUT2D eigenvalue weighted by molar-refractivity contribution is 7.99. The number of carbonyl (C=O) groups is 2. The van der Waals surface area contributed by atoms with Crippen molar-refractivity contribution in [3.8, 4) is 0 Å². The topological polar surface area (TPSA) is 93.8 Å². The van der Waals surface area contributed by atoms with Crippen molar-refractivity contribution in [3.63, 3.8) is 0 Å². The van der Waals surface area contributed by atoms with E-state index >= 15 is 0 Å². The molecule has 2 aliphatic heterocycles. The minimum atomic E-state index is -1.34. The van der Waals surface area contributed by atoms with Gasteiger partial charge in [-0.2, -0.15) is 0 Å². The molecule has 0 aromatic carbocycles. The summed E-state index contributed by atoms with van der Waals surface area (Å²) >= 11 is 1.49. The molecule has 3 rings (SSSR count). The van der Waals surface area contributed by atoms with E-state index in [1.807, 2.05) is 19.1 Å². The lowest BCUT2D eigenvalue weighted by Gasteiger charge is -2.47. The number of hydrogen-bond donors (Lipinski definition) is 1. The minimum Gasteiger partial charge on any atom is -0.543 e. The molecule has 0 unspecified atom stereocenters. The van der Waals surface area contributed by atoms with E-state index in [0.717, 1.165) is 4.90 Å². The van der Waals surface area contributed by atoms with Crippen molar-refractivity contribution in [3.05, 3.63) is 35.8 Å². The van der Waals surface area contributed by atoms with E-state index in [-0.39, 0.29) is 23.6 Å². The predicted molar refractivity (Wildman–Crippen MR) is 86.9 cm³/mol. The van der Waals surface area contributed by atoms with Gasteiger partial charge >= 0.3 is 0 Å². The average molecular weight is 364 g/mol. The van der Waals surface area contributed by atoms with Gasteiger partial charge in [-0.3, -0.25) is 9.63 Å². The zero-order valence-corrected chi connectivity index (χ0v) is 15.0. The number of carboxylic acid groups (broad SMARTS) is 1. The third kappa shape index (κ3) is 2.89. The van der Waals surface area contributed by atoms with Crippen LogP contribution in [0.2, 0.25) is 0 Å². The smallest absolute Gasteiger partial charge is 0.235 e. The largest absolute Gasteiger partial charge is 0.543 e. The lowest BCUT2D eigenvalue weighted by atomic mass is 9.78. The maximum absolute atomic E-state index is 12.3. The van der Waals surface area contributed by atoms with Crippen LogP contribution in [0.4, 0.5) is 0 Å². The second-order valence-electron chi connectivity index (χ2n) is 6.28. The number of hydrogen-bond acceptors (Lipinski definition) is 6. The standard InChI is InChI=1S/C17H20N2O5S/c1-9-12(8-25-11-4-6-18(24-3)7-5-11)15(17(22)23)19-14(9)13(10(2)20)16(19)21/h4-7,9-10,13-14,20H,8H2,1-3H3/t9-,10+,13+,14+/m0/s1. The molecule has 8 heteroatoms. The quantitative estimate of drug-likeness (QED) is 0.395. The lowest BCUT2D eigenvalue weighted by Crippen LogP contribution is -2.64. The molecule has 1 aromatic rings. The third-order valence-corrected chi connectivity index (χ3v) is 5.95. The van der Waals surface area contributed by atoms with Gasteiger partial charge in [-0.15, -0.1) is 11.8 Å². The van der Waals surface area contributed by atoms with E-state index in [0.29, 0.717) is 11.3 Å². The monoisotopic (exact) mass is 364 g/mol. The number of thioether (sulfide) groups is 1. The number of pyridine rings is 1. The molecule has 2 aliphatic rings. The molecule has 1 saturated heterocycles. The molecule has 1 N–H and O–H groups in total. The van der Waals surface area contributed by atoms with Gasteiger partial charge in [-0.1, -0.05) is 6.92 Å². The molecule has 0 aliphatic carbocycles. The van der Waals surface area contributed by atoms with E-state index in [4.69, 9.17) is 4.84 Å². The zero-order chi connectivity index (χ0) is 18.3. The Kier molecular flexibility index (Phi) is 4.75. The van der Waals surface area contributed by atoms with E-state index < -0.39 is 18.0 Å². The molecular weight excluding hydrogens is 344 g/mol. The molecular formula is C17H20N2O5S. The van der Waals surface area contributed by atoms with Crippen molar-refractivity contribution in [1.82, 2.24) is 4.90 Å². The maximum Gasteiger partial charge on any atom is 0.235 e. The molecule has 1 fully saturated rings. The van der Waals surface area contributed by atoms with Crippen LogP contribution >= 0.6 is 11.8 Å². The number of carbonyl (C=O) groups excluding carboxylic acids is 2. The number of aromatic nitrogens is 1. The van der Waals surface area contributed by atoms with Crippen LogP contribution in [-0.4, -0.2) is 46.9 Å². The number of nitrogens with zero attached hydrogens (tertiary/aromatic N) is 2.